The van der Waals surface area contributed by atoms with Gasteiger partial charge in [-0.2, -0.15) is 0 Å². The lowest BCUT2D eigenvalue weighted by Gasteiger charge is -2.21. The van der Waals surface area contributed by atoms with E-state index in [1.807, 2.05) is 13.8 Å². The first-order valence-electron chi connectivity index (χ1n) is 7.06. The van der Waals surface area contributed by atoms with Gasteiger partial charge in [0.05, 0.1) is 19.3 Å². The van der Waals surface area contributed by atoms with Crippen LogP contribution < -0.4 is 15.2 Å². The smallest absolute Gasteiger partial charge is 0.244 e. The van der Waals surface area contributed by atoms with Gasteiger partial charge in [-0.05, 0) is 44.4 Å². The molecule has 1 aliphatic heterocycles. The maximum absolute atomic E-state index is 12.4. The summed E-state index contributed by atoms with van der Waals surface area (Å²) in [6, 6.07) is 3.21. The largest absolute Gasteiger partial charge is 0.492 e. The second kappa shape index (κ2) is 6.64. The molecule has 0 radical (unpaired) electrons. The molecule has 21 heavy (non-hydrogen) atoms. The predicted molar refractivity (Wildman–Crippen MR) is 80.9 cm³/mol. The number of aryl methyl sites for hydroxylation is 1. The summed E-state index contributed by atoms with van der Waals surface area (Å²) in [6.07, 6.45) is 1.71. The molecule has 3 N–H and O–H groups in total. The zero-order valence-corrected chi connectivity index (χ0v) is 13.2. The predicted octanol–water partition coefficient (Wildman–Crippen LogP) is 1.30. The lowest BCUT2D eigenvalue weighted by molar-refractivity contribution is 0.0833. The van der Waals surface area contributed by atoms with Crippen molar-refractivity contribution in [3.8, 4) is 5.75 Å². The zero-order chi connectivity index (χ0) is 15.5. The van der Waals surface area contributed by atoms with E-state index in [0.29, 0.717) is 24.7 Å². The van der Waals surface area contributed by atoms with Gasteiger partial charge in [-0.1, -0.05) is 0 Å². The minimum Gasteiger partial charge on any atom is -0.492 e. The molecule has 0 unspecified atom stereocenters. The molecule has 1 aliphatic rings. The van der Waals surface area contributed by atoms with Gasteiger partial charge < -0.3 is 15.2 Å². The topological polar surface area (TPSA) is 90.7 Å². The fourth-order valence-corrected chi connectivity index (χ4v) is 3.45. The number of rotatable bonds is 6. The van der Waals surface area contributed by atoms with E-state index >= 15 is 0 Å². The Balaban J connectivity index is 2.18. The molecule has 7 heteroatoms. The molecule has 0 saturated carbocycles. The summed E-state index contributed by atoms with van der Waals surface area (Å²) in [5, 5.41) is 0. The summed E-state index contributed by atoms with van der Waals surface area (Å²) in [6.45, 7) is 4.86. The Labute approximate surface area is 125 Å². The van der Waals surface area contributed by atoms with Crippen molar-refractivity contribution in [1.82, 2.24) is 4.72 Å². The molecule has 0 atom stereocenters. The molecule has 0 saturated heterocycles. The van der Waals surface area contributed by atoms with Crippen LogP contribution in [0.3, 0.4) is 0 Å². The van der Waals surface area contributed by atoms with Crippen molar-refractivity contribution in [1.29, 1.82) is 0 Å². The van der Waals surface area contributed by atoms with Gasteiger partial charge in [-0.3, -0.25) is 0 Å². The third-order valence-electron chi connectivity index (χ3n) is 3.13. The fourth-order valence-electron chi connectivity index (χ4n) is 2.22. The van der Waals surface area contributed by atoms with Crippen molar-refractivity contribution >= 4 is 15.7 Å². The number of ether oxygens (including phenoxy) is 2. The van der Waals surface area contributed by atoms with Gasteiger partial charge >= 0.3 is 0 Å². The highest BCUT2D eigenvalue weighted by atomic mass is 32.2. The van der Waals surface area contributed by atoms with Gasteiger partial charge in [-0.25, -0.2) is 13.1 Å². The van der Waals surface area contributed by atoms with E-state index in [0.717, 1.165) is 18.4 Å². The Hall–Kier alpha value is -1.31. The van der Waals surface area contributed by atoms with E-state index in [1.54, 1.807) is 6.07 Å². The van der Waals surface area contributed by atoms with Crippen LogP contribution in [-0.2, 0) is 21.2 Å². The second-order valence-electron chi connectivity index (χ2n) is 5.28. The molecule has 1 heterocycles. The highest BCUT2D eigenvalue weighted by Crippen LogP contribution is 2.34. The first-order valence-corrected chi connectivity index (χ1v) is 8.55. The van der Waals surface area contributed by atoms with Gasteiger partial charge in [0, 0.05) is 12.2 Å². The van der Waals surface area contributed by atoms with E-state index in [1.165, 1.54) is 6.07 Å². The van der Waals surface area contributed by atoms with Crippen LogP contribution in [0.5, 0.6) is 5.75 Å². The third kappa shape index (κ3) is 4.09. The molecule has 1 aromatic carbocycles. The molecular weight excluding hydrogens is 292 g/mol. The Morgan fingerprint density at radius 2 is 2.19 bits per heavy atom. The van der Waals surface area contributed by atoms with E-state index in [4.69, 9.17) is 15.2 Å². The van der Waals surface area contributed by atoms with E-state index in [-0.39, 0.29) is 17.5 Å². The maximum atomic E-state index is 12.4. The zero-order valence-electron chi connectivity index (χ0n) is 12.4. The maximum Gasteiger partial charge on any atom is 0.244 e. The van der Waals surface area contributed by atoms with Gasteiger partial charge in [0.15, 0.2) is 0 Å². The van der Waals surface area contributed by atoms with Crippen LogP contribution in [0, 0.1) is 0 Å². The molecule has 0 aliphatic carbocycles. The Morgan fingerprint density at radius 1 is 1.43 bits per heavy atom. The molecule has 2 rings (SSSR count). The summed E-state index contributed by atoms with van der Waals surface area (Å²) < 4.78 is 38.2. The van der Waals surface area contributed by atoms with E-state index in [9.17, 15) is 8.42 Å². The lowest BCUT2D eigenvalue weighted by Crippen LogP contribution is -2.29. The van der Waals surface area contributed by atoms with Crippen molar-refractivity contribution in [2.24, 2.45) is 0 Å². The molecule has 1 aromatic rings. The van der Waals surface area contributed by atoms with Crippen molar-refractivity contribution in [3.63, 3.8) is 0 Å². The van der Waals surface area contributed by atoms with Gasteiger partial charge in [-0.15, -0.1) is 0 Å². The van der Waals surface area contributed by atoms with Gasteiger partial charge in [0.2, 0.25) is 10.0 Å². The summed E-state index contributed by atoms with van der Waals surface area (Å²) in [5.74, 6) is 0.424. The quantitative estimate of drug-likeness (QED) is 0.610. The van der Waals surface area contributed by atoms with Gasteiger partial charge in [0.1, 0.15) is 10.6 Å². The number of hydrogen-bond donors (Lipinski definition) is 2. The number of sulfonamides is 1. The minimum atomic E-state index is -3.66. The molecule has 0 fully saturated rings. The highest BCUT2D eigenvalue weighted by molar-refractivity contribution is 7.89. The second-order valence-corrected chi connectivity index (χ2v) is 7.01. The van der Waals surface area contributed by atoms with Crippen LogP contribution in [0.2, 0.25) is 0 Å². The van der Waals surface area contributed by atoms with Crippen LogP contribution in [0.1, 0.15) is 25.8 Å². The molecular formula is C14H22N2O4S. The number of anilines is 1. The van der Waals surface area contributed by atoms with E-state index in [2.05, 4.69) is 4.72 Å². The van der Waals surface area contributed by atoms with Crippen LogP contribution in [-0.4, -0.2) is 34.3 Å². The Kier molecular flexibility index (Phi) is 5.08. The number of nitrogens with two attached hydrogens (primary N) is 1. The number of nitrogen functional groups attached to an aromatic ring is 1. The number of benzene rings is 1. The number of fused-ring (bicyclic) bond motifs is 1. The summed E-state index contributed by atoms with van der Waals surface area (Å²) in [5.41, 5.74) is 7.08. The lowest BCUT2D eigenvalue weighted by atomic mass is 10.1. The van der Waals surface area contributed by atoms with Crippen LogP contribution in [0.25, 0.3) is 0 Å². The first-order chi connectivity index (χ1) is 9.90. The molecule has 0 amide bonds. The SMILES string of the molecule is CC(C)OCCNS(=O)(=O)c1cc(N)cc2c1OCCC2. The summed E-state index contributed by atoms with van der Waals surface area (Å²) >= 11 is 0. The minimum absolute atomic E-state index is 0.0676. The average Bonchev–Trinajstić information content (AvgIpc) is 2.42. The highest BCUT2D eigenvalue weighted by Gasteiger charge is 2.24. The number of nitrogens with one attached hydrogen (secondary N) is 1. The molecule has 118 valence electrons. The normalized spacial score (nSPS) is 14.8. The van der Waals surface area contributed by atoms with Crippen molar-refractivity contribution < 1.29 is 17.9 Å². The van der Waals surface area contributed by atoms with Crippen molar-refractivity contribution in [2.45, 2.75) is 37.7 Å². The molecule has 6 nitrogen and oxygen atoms in total. The van der Waals surface area contributed by atoms with Crippen molar-refractivity contribution in [3.05, 3.63) is 17.7 Å². The third-order valence-corrected chi connectivity index (χ3v) is 4.59. The molecule has 0 spiro atoms. The molecule has 0 bridgehead atoms. The Morgan fingerprint density at radius 3 is 2.90 bits per heavy atom. The van der Waals surface area contributed by atoms with Crippen LogP contribution in [0.4, 0.5) is 5.69 Å². The summed E-state index contributed by atoms with van der Waals surface area (Å²) in [4.78, 5) is 0.113. The average molecular weight is 314 g/mol. The summed E-state index contributed by atoms with van der Waals surface area (Å²) in [7, 11) is -3.66. The van der Waals surface area contributed by atoms with Crippen molar-refractivity contribution in [2.75, 3.05) is 25.5 Å². The Bertz CT molecular complexity index is 599. The first kappa shape index (κ1) is 16.1. The van der Waals surface area contributed by atoms with E-state index < -0.39 is 10.0 Å². The standard InChI is InChI=1S/C14H22N2O4S/c1-10(2)19-7-5-16-21(17,18)13-9-12(15)8-11-4-3-6-20-14(11)13/h8-10,16H,3-7,15H2,1-2H3. The fraction of sp³-hybridized carbons (Fsp3) is 0.571. The molecule has 0 aromatic heterocycles. The van der Waals surface area contributed by atoms with Crippen LogP contribution >= 0.6 is 0 Å². The monoisotopic (exact) mass is 314 g/mol. The number of hydrogen-bond acceptors (Lipinski definition) is 5. The van der Waals surface area contributed by atoms with Crippen LogP contribution in [0.15, 0.2) is 17.0 Å². The van der Waals surface area contributed by atoms with Gasteiger partial charge in [0.25, 0.3) is 0 Å².